The molecule has 5 nitrogen and oxygen atoms in total. The average Bonchev–Trinajstić information content (AvgIpc) is 1.97. The highest BCUT2D eigenvalue weighted by Crippen LogP contribution is 1.79. The molecule has 0 rings (SSSR count). The van der Waals surface area contributed by atoms with Crippen LogP contribution in [0.15, 0.2) is 0 Å². The van der Waals surface area contributed by atoms with E-state index in [2.05, 4.69) is 5.32 Å². The third-order valence-electron chi connectivity index (χ3n) is 1.03. The first-order valence-corrected chi connectivity index (χ1v) is 3.37. The molecule has 0 spiro atoms. The first-order valence-electron chi connectivity index (χ1n) is 3.37. The Hall–Kier alpha value is -0.650. The number of ether oxygens (including phenoxy) is 1. The molecule has 0 aromatic rings. The van der Waals surface area contributed by atoms with Gasteiger partial charge in [-0.25, -0.2) is 4.79 Å². The fourth-order valence-corrected chi connectivity index (χ4v) is 0.457. The van der Waals surface area contributed by atoms with Crippen molar-refractivity contribution in [2.24, 2.45) is 0 Å². The van der Waals surface area contributed by atoms with Crippen LogP contribution in [-0.2, 0) is 9.53 Å². The molecule has 1 atom stereocenters. The van der Waals surface area contributed by atoms with Crippen LogP contribution in [0.1, 0.15) is 6.92 Å². The number of rotatable bonds is 6. The monoisotopic (exact) mass is 163 g/mol. The van der Waals surface area contributed by atoms with Gasteiger partial charge in [-0.3, -0.25) is 5.32 Å². The summed E-state index contributed by atoms with van der Waals surface area (Å²) < 4.78 is 4.85. The van der Waals surface area contributed by atoms with Gasteiger partial charge in [0, 0.05) is 13.2 Å². The van der Waals surface area contributed by atoms with E-state index in [1.807, 2.05) is 6.92 Å². The van der Waals surface area contributed by atoms with Crippen LogP contribution in [0.25, 0.3) is 0 Å². The van der Waals surface area contributed by atoms with Crippen molar-refractivity contribution in [3.05, 3.63) is 0 Å². The molecular weight excluding hydrogens is 150 g/mol. The number of carboxylic acid groups (broad SMARTS) is 1. The topological polar surface area (TPSA) is 78.8 Å². The molecule has 5 heteroatoms. The van der Waals surface area contributed by atoms with Crippen LogP contribution in [0.4, 0.5) is 0 Å². The molecule has 0 aliphatic heterocycles. The Morgan fingerprint density at radius 3 is 2.82 bits per heavy atom. The van der Waals surface area contributed by atoms with Gasteiger partial charge in [-0.2, -0.15) is 0 Å². The van der Waals surface area contributed by atoms with Gasteiger partial charge in [-0.15, -0.1) is 0 Å². The number of aliphatic hydroxyl groups excluding tert-OH is 1. The lowest BCUT2D eigenvalue weighted by Crippen LogP contribution is -2.34. The van der Waals surface area contributed by atoms with Crippen molar-refractivity contribution in [1.29, 1.82) is 0 Å². The Balaban J connectivity index is 3.17. The molecule has 3 N–H and O–H groups in total. The number of hydrogen-bond donors (Lipinski definition) is 3. The van der Waals surface area contributed by atoms with Crippen LogP contribution in [0, 0.1) is 0 Å². The van der Waals surface area contributed by atoms with Gasteiger partial charge in [0.05, 0.1) is 6.73 Å². The Labute approximate surface area is 65.0 Å². The molecule has 0 heterocycles. The van der Waals surface area contributed by atoms with E-state index in [4.69, 9.17) is 14.9 Å². The summed E-state index contributed by atoms with van der Waals surface area (Å²) in [6, 6.07) is 0. The second-order valence-electron chi connectivity index (χ2n) is 1.95. The molecule has 66 valence electrons. The molecule has 11 heavy (non-hydrogen) atoms. The van der Waals surface area contributed by atoms with Crippen LogP contribution < -0.4 is 5.32 Å². The summed E-state index contributed by atoms with van der Waals surface area (Å²) >= 11 is 0. The third-order valence-corrected chi connectivity index (χ3v) is 1.03. The Morgan fingerprint density at radius 2 is 2.36 bits per heavy atom. The molecule has 0 radical (unpaired) electrons. The largest absolute Gasteiger partial charge is 0.479 e. The van der Waals surface area contributed by atoms with Gasteiger partial charge in [0.25, 0.3) is 0 Å². The lowest BCUT2D eigenvalue weighted by Gasteiger charge is -2.06. The normalized spacial score (nSPS) is 12.9. The van der Waals surface area contributed by atoms with Gasteiger partial charge in [0.2, 0.25) is 0 Å². The van der Waals surface area contributed by atoms with Crippen molar-refractivity contribution in [2.75, 3.05) is 19.9 Å². The molecule has 0 aliphatic rings. The van der Waals surface area contributed by atoms with Crippen LogP contribution in [0.2, 0.25) is 0 Å². The van der Waals surface area contributed by atoms with Crippen molar-refractivity contribution in [3.63, 3.8) is 0 Å². The van der Waals surface area contributed by atoms with Crippen molar-refractivity contribution >= 4 is 5.97 Å². The number of carbonyl (C=O) groups is 1. The highest BCUT2D eigenvalue weighted by molar-refractivity contribution is 5.72. The van der Waals surface area contributed by atoms with Gasteiger partial charge >= 0.3 is 5.97 Å². The van der Waals surface area contributed by atoms with E-state index in [-0.39, 0.29) is 13.3 Å². The molecule has 1 unspecified atom stereocenters. The maximum absolute atomic E-state index is 10.0. The fraction of sp³-hybridized carbons (Fsp3) is 0.833. The quantitative estimate of drug-likeness (QED) is 0.346. The average molecular weight is 163 g/mol. The first-order chi connectivity index (χ1) is 5.18. The second kappa shape index (κ2) is 6.09. The molecule has 0 aromatic carbocycles. The lowest BCUT2D eigenvalue weighted by molar-refractivity contribution is -0.146. The highest BCUT2D eigenvalue weighted by atomic mass is 16.5. The molecule has 0 bridgehead atoms. The molecule has 0 fully saturated rings. The van der Waals surface area contributed by atoms with E-state index in [1.165, 1.54) is 0 Å². The number of aliphatic hydroxyl groups is 1. The van der Waals surface area contributed by atoms with Gasteiger partial charge in [0.15, 0.2) is 6.10 Å². The van der Waals surface area contributed by atoms with Crippen molar-refractivity contribution < 1.29 is 19.7 Å². The first kappa shape index (κ1) is 10.3. The van der Waals surface area contributed by atoms with Gasteiger partial charge in [0.1, 0.15) is 0 Å². The smallest absolute Gasteiger partial charge is 0.333 e. The SMILES string of the molecule is CCOCNCC(O)C(=O)O. The number of aliphatic carboxylic acids is 1. The molecular formula is C6H13NO4. The summed E-state index contributed by atoms with van der Waals surface area (Å²) in [5.74, 6) is -1.23. The lowest BCUT2D eigenvalue weighted by atomic mass is 10.4. The maximum atomic E-state index is 10.0. The van der Waals surface area contributed by atoms with E-state index >= 15 is 0 Å². The van der Waals surface area contributed by atoms with Crippen molar-refractivity contribution in [3.8, 4) is 0 Å². The van der Waals surface area contributed by atoms with Gasteiger partial charge in [-0.1, -0.05) is 0 Å². The third kappa shape index (κ3) is 5.78. The summed E-state index contributed by atoms with van der Waals surface area (Å²) in [6.07, 6.45) is -1.35. The number of carboxylic acids is 1. The van der Waals surface area contributed by atoms with E-state index in [1.54, 1.807) is 0 Å². The minimum Gasteiger partial charge on any atom is -0.479 e. The molecule has 0 aromatic heterocycles. The summed E-state index contributed by atoms with van der Waals surface area (Å²) in [5.41, 5.74) is 0. The van der Waals surface area contributed by atoms with E-state index < -0.39 is 12.1 Å². The zero-order valence-corrected chi connectivity index (χ0v) is 6.41. The van der Waals surface area contributed by atoms with Crippen LogP contribution in [0.3, 0.4) is 0 Å². The van der Waals surface area contributed by atoms with Crippen molar-refractivity contribution in [2.45, 2.75) is 13.0 Å². The van der Waals surface area contributed by atoms with Crippen LogP contribution in [-0.4, -0.2) is 42.2 Å². The van der Waals surface area contributed by atoms with Crippen molar-refractivity contribution in [1.82, 2.24) is 5.32 Å². The molecule has 0 saturated heterocycles. The van der Waals surface area contributed by atoms with E-state index in [9.17, 15) is 4.79 Å². The predicted molar refractivity (Wildman–Crippen MR) is 38.1 cm³/mol. The highest BCUT2D eigenvalue weighted by Gasteiger charge is 2.10. The predicted octanol–water partition coefficient (Wildman–Crippen LogP) is -0.984. The minimum atomic E-state index is -1.35. The Kier molecular flexibility index (Phi) is 5.73. The number of nitrogens with one attached hydrogen (secondary N) is 1. The summed E-state index contributed by atoms with van der Waals surface area (Å²) in [5, 5.41) is 19.5. The zero-order valence-electron chi connectivity index (χ0n) is 6.41. The van der Waals surface area contributed by atoms with E-state index in [0.717, 1.165) is 0 Å². The van der Waals surface area contributed by atoms with Crippen LogP contribution >= 0.6 is 0 Å². The second-order valence-corrected chi connectivity index (χ2v) is 1.95. The summed E-state index contributed by atoms with van der Waals surface area (Å²) in [6.45, 7) is 2.67. The van der Waals surface area contributed by atoms with Gasteiger partial charge in [-0.05, 0) is 6.92 Å². The maximum Gasteiger partial charge on any atom is 0.333 e. The summed E-state index contributed by atoms with van der Waals surface area (Å²) in [7, 11) is 0. The zero-order chi connectivity index (χ0) is 8.69. The minimum absolute atomic E-state index is 0.00926. The Morgan fingerprint density at radius 1 is 1.73 bits per heavy atom. The molecule has 0 aliphatic carbocycles. The van der Waals surface area contributed by atoms with Crippen LogP contribution in [0.5, 0.6) is 0 Å². The Bertz CT molecular complexity index is 117. The molecule has 0 saturated carbocycles. The molecule has 0 amide bonds. The number of hydrogen-bond acceptors (Lipinski definition) is 4. The van der Waals surface area contributed by atoms with E-state index in [0.29, 0.717) is 6.61 Å². The summed E-state index contributed by atoms with van der Waals surface area (Å²) in [4.78, 5) is 10.0. The fourth-order valence-electron chi connectivity index (χ4n) is 0.457. The van der Waals surface area contributed by atoms with Gasteiger partial charge < -0.3 is 14.9 Å². The standard InChI is InChI=1S/C6H13NO4/c1-2-11-4-7-3-5(8)6(9)10/h5,7-8H,2-4H2,1H3,(H,9,10).